The highest BCUT2D eigenvalue weighted by atomic mass is 16.4. The van der Waals surface area contributed by atoms with Crippen LogP contribution in [0.2, 0.25) is 0 Å². The zero-order chi connectivity index (χ0) is 16.2. The zero-order valence-electron chi connectivity index (χ0n) is 12.5. The molecular weight excluding hydrogens is 296 g/mol. The monoisotopic (exact) mass is 312 g/mol. The fourth-order valence-electron chi connectivity index (χ4n) is 2.31. The van der Waals surface area contributed by atoms with Gasteiger partial charge in [-0.1, -0.05) is 6.08 Å². The maximum absolute atomic E-state index is 11.0. The van der Waals surface area contributed by atoms with Crippen LogP contribution in [-0.4, -0.2) is 35.8 Å². The molecule has 0 bridgehead atoms. The molecule has 1 unspecified atom stereocenters. The summed E-state index contributed by atoms with van der Waals surface area (Å²) in [6.07, 6.45) is 9.07. The predicted molar refractivity (Wildman–Crippen MR) is 81.8 cm³/mol. The Morgan fingerprint density at radius 1 is 1.48 bits per heavy atom. The highest BCUT2D eigenvalue weighted by Crippen LogP contribution is 2.16. The van der Waals surface area contributed by atoms with E-state index in [9.17, 15) is 4.79 Å². The molecule has 8 heteroatoms. The molecule has 8 nitrogen and oxygen atoms in total. The average molecular weight is 312 g/mol. The molecular formula is C15H16N6O2. The van der Waals surface area contributed by atoms with Crippen molar-refractivity contribution in [2.24, 2.45) is 13.0 Å². The van der Waals surface area contributed by atoms with Crippen molar-refractivity contribution >= 4 is 5.97 Å². The quantitative estimate of drug-likeness (QED) is 0.845. The normalized spacial score (nSPS) is 16.9. The minimum atomic E-state index is -0.821. The largest absolute Gasteiger partial charge is 0.481 e. The second kappa shape index (κ2) is 6.39. The first-order valence-electron chi connectivity index (χ1n) is 7.15. The van der Waals surface area contributed by atoms with Gasteiger partial charge in [0.2, 0.25) is 0 Å². The van der Waals surface area contributed by atoms with Crippen molar-refractivity contribution in [2.45, 2.75) is 13.0 Å². The first kappa shape index (κ1) is 14.9. The topological polar surface area (TPSA) is 106 Å². The van der Waals surface area contributed by atoms with Gasteiger partial charge in [0.1, 0.15) is 12.0 Å². The summed E-state index contributed by atoms with van der Waals surface area (Å²) in [6.45, 7) is 0.442. The number of carboxylic acids is 1. The van der Waals surface area contributed by atoms with Gasteiger partial charge in [0.15, 0.2) is 11.6 Å². The summed E-state index contributed by atoms with van der Waals surface area (Å²) < 4.78 is 1.84. The zero-order valence-corrected chi connectivity index (χ0v) is 12.5. The molecule has 0 amide bonds. The van der Waals surface area contributed by atoms with Crippen molar-refractivity contribution in [3.05, 3.63) is 48.3 Å². The van der Waals surface area contributed by atoms with Crippen LogP contribution in [0.1, 0.15) is 12.2 Å². The van der Waals surface area contributed by atoms with Crippen molar-refractivity contribution in [2.75, 3.05) is 0 Å². The van der Waals surface area contributed by atoms with Gasteiger partial charge in [-0.15, -0.1) is 10.2 Å². The Bertz CT molecular complexity index is 766. The van der Waals surface area contributed by atoms with Crippen molar-refractivity contribution in [1.29, 1.82) is 0 Å². The summed E-state index contributed by atoms with van der Waals surface area (Å²) in [5.41, 5.74) is 1.47. The predicted octanol–water partition coefficient (Wildman–Crippen LogP) is 0.906. The Hall–Kier alpha value is -3.03. The number of aliphatic carboxylic acids is 1. The van der Waals surface area contributed by atoms with Gasteiger partial charge in [-0.2, -0.15) is 0 Å². The van der Waals surface area contributed by atoms with Crippen LogP contribution in [0.3, 0.4) is 0 Å². The van der Waals surface area contributed by atoms with E-state index in [-0.39, 0.29) is 0 Å². The molecule has 3 rings (SSSR count). The van der Waals surface area contributed by atoms with Crippen LogP contribution in [0.4, 0.5) is 0 Å². The van der Waals surface area contributed by atoms with Gasteiger partial charge < -0.3 is 15.0 Å². The molecule has 0 saturated heterocycles. The van der Waals surface area contributed by atoms with E-state index in [0.29, 0.717) is 24.5 Å². The Morgan fingerprint density at radius 3 is 3.09 bits per heavy atom. The highest BCUT2D eigenvalue weighted by Gasteiger charge is 2.17. The van der Waals surface area contributed by atoms with Crippen molar-refractivity contribution in [3.8, 4) is 11.5 Å². The summed E-state index contributed by atoms with van der Waals surface area (Å²) in [6, 6.07) is 1.77. The van der Waals surface area contributed by atoms with Gasteiger partial charge in [-0.25, -0.2) is 9.97 Å². The Morgan fingerprint density at radius 2 is 2.35 bits per heavy atom. The third-order valence-corrected chi connectivity index (χ3v) is 3.61. The molecule has 1 aliphatic carbocycles. The van der Waals surface area contributed by atoms with Crippen LogP contribution in [0, 0.1) is 5.92 Å². The molecule has 1 aliphatic rings. The number of aromatic nitrogens is 5. The lowest BCUT2D eigenvalue weighted by atomic mass is 9.99. The standard InChI is InChI=1S/C15H16N6O2/c1-21-13(19-20-14(21)12-5-6-16-9-18-12)8-17-11-4-2-3-10(7-11)15(22)23/h2,4-7,9-10,17H,3,8H2,1H3,(H,22,23). The van der Waals surface area contributed by atoms with E-state index < -0.39 is 11.9 Å². The van der Waals surface area contributed by atoms with E-state index in [1.165, 1.54) is 6.33 Å². The van der Waals surface area contributed by atoms with E-state index in [4.69, 9.17) is 5.11 Å². The summed E-state index contributed by atoms with van der Waals surface area (Å²) in [5.74, 6) is 0.0723. The molecule has 2 N–H and O–H groups in total. The molecule has 2 heterocycles. The number of nitrogens with zero attached hydrogens (tertiary/aromatic N) is 5. The summed E-state index contributed by atoms with van der Waals surface area (Å²) in [4.78, 5) is 19.1. The SMILES string of the molecule is Cn1c(CNC2=CC(C(=O)O)CC=C2)nnc1-c1ccncn1. The van der Waals surface area contributed by atoms with Crippen LogP contribution in [0.5, 0.6) is 0 Å². The lowest BCUT2D eigenvalue weighted by Gasteiger charge is -2.14. The first-order chi connectivity index (χ1) is 11.1. The number of hydrogen-bond acceptors (Lipinski definition) is 6. The van der Waals surface area contributed by atoms with Gasteiger partial charge in [0.25, 0.3) is 0 Å². The number of nitrogens with one attached hydrogen (secondary N) is 1. The lowest BCUT2D eigenvalue weighted by molar-refractivity contribution is -0.140. The fourth-order valence-corrected chi connectivity index (χ4v) is 2.31. The number of hydrogen-bond donors (Lipinski definition) is 2. The van der Waals surface area contributed by atoms with E-state index in [2.05, 4.69) is 25.5 Å². The number of rotatable bonds is 5. The summed E-state index contributed by atoms with van der Waals surface area (Å²) in [7, 11) is 1.86. The minimum absolute atomic E-state index is 0.442. The summed E-state index contributed by atoms with van der Waals surface area (Å²) >= 11 is 0. The maximum atomic E-state index is 11.0. The Kier molecular flexibility index (Phi) is 4.13. The third-order valence-electron chi connectivity index (χ3n) is 3.61. The maximum Gasteiger partial charge on any atom is 0.310 e. The lowest BCUT2D eigenvalue weighted by Crippen LogP contribution is -2.20. The van der Waals surface area contributed by atoms with Gasteiger partial charge in [0, 0.05) is 18.9 Å². The Balaban J connectivity index is 1.71. The number of carbonyl (C=O) groups is 1. The highest BCUT2D eigenvalue weighted by molar-refractivity contribution is 5.73. The molecule has 1 atom stereocenters. The average Bonchev–Trinajstić information content (AvgIpc) is 2.95. The van der Waals surface area contributed by atoms with Gasteiger partial charge in [-0.05, 0) is 24.6 Å². The molecule has 118 valence electrons. The molecule has 23 heavy (non-hydrogen) atoms. The smallest absolute Gasteiger partial charge is 0.310 e. The minimum Gasteiger partial charge on any atom is -0.481 e. The van der Waals surface area contributed by atoms with Crippen LogP contribution < -0.4 is 5.32 Å². The van der Waals surface area contributed by atoms with Crippen LogP contribution in [-0.2, 0) is 18.4 Å². The molecule has 0 spiro atoms. The van der Waals surface area contributed by atoms with Gasteiger partial charge in [-0.3, -0.25) is 4.79 Å². The van der Waals surface area contributed by atoms with Gasteiger partial charge >= 0.3 is 5.97 Å². The van der Waals surface area contributed by atoms with Crippen molar-refractivity contribution in [1.82, 2.24) is 30.0 Å². The molecule has 0 aliphatic heterocycles. The molecule has 0 saturated carbocycles. The first-order valence-corrected chi connectivity index (χ1v) is 7.15. The van der Waals surface area contributed by atoms with Crippen LogP contribution >= 0.6 is 0 Å². The molecule has 0 aromatic carbocycles. The Labute approximate surface area is 132 Å². The third kappa shape index (κ3) is 3.25. The van der Waals surface area contributed by atoms with Crippen molar-refractivity contribution < 1.29 is 9.90 Å². The number of allylic oxidation sites excluding steroid dienone is 2. The van der Waals surface area contributed by atoms with Crippen LogP contribution in [0.25, 0.3) is 11.5 Å². The van der Waals surface area contributed by atoms with E-state index in [1.807, 2.05) is 23.8 Å². The van der Waals surface area contributed by atoms with E-state index in [0.717, 1.165) is 11.5 Å². The van der Waals surface area contributed by atoms with Gasteiger partial charge in [0.05, 0.1) is 12.5 Å². The molecule has 2 aromatic heterocycles. The molecule has 0 radical (unpaired) electrons. The second-order valence-corrected chi connectivity index (χ2v) is 5.15. The van der Waals surface area contributed by atoms with E-state index >= 15 is 0 Å². The van der Waals surface area contributed by atoms with Crippen LogP contribution in [0.15, 0.2) is 42.5 Å². The second-order valence-electron chi connectivity index (χ2n) is 5.15. The number of carboxylic acid groups (broad SMARTS) is 1. The van der Waals surface area contributed by atoms with E-state index in [1.54, 1.807) is 18.3 Å². The molecule has 0 fully saturated rings. The molecule has 2 aromatic rings. The fraction of sp³-hybridized carbons (Fsp3) is 0.267. The summed E-state index contributed by atoms with van der Waals surface area (Å²) in [5, 5.41) is 20.6. The van der Waals surface area contributed by atoms with Crippen molar-refractivity contribution in [3.63, 3.8) is 0 Å².